The number of aliphatic hydroxyl groups excluding tert-OH is 1. The van der Waals surface area contributed by atoms with E-state index in [0.29, 0.717) is 0 Å². The van der Waals surface area contributed by atoms with Gasteiger partial charge in [-0.3, -0.25) is 14.8 Å². The molecule has 235 valence electrons. The van der Waals surface area contributed by atoms with Gasteiger partial charge in [0.25, 0.3) is 0 Å². The molecule has 0 bridgehead atoms. The Morgan fingerprint density at radius 1 is 0.977 bits per heavy atom. The van der Waals surface area contributed by atoms with Gasteiger partial charge in [0.15, 0.2) is 5.78 Å². The smallest absolute Gasteiger partial charge is 0.162 e. The quantitative estimate of drug-likeness (QED) is 0.0669. The number of aliphatic hydroxyl groups is 1. The number of rotatable bonds is 7. The summed E-state index contributed by atoms with van der Waals surface area (Å²) >= 11 is 0. The third-order valence-electron chi connectivity index (χ3n) is 9.88. The van der Waals surface area contributed by atoms with E-state index in [1.165, 1.54) is 40.1 Å². The molecule has 0 atom stereocenters. The van der Waals surface area contributed by atoms with Gasteiger partial charge in [0.2, 0.25) is 0 Å². The Morgan fingerprint density at radius 3 is 2.30 bits per heavy atom. The van der Waals surface area contributed by atoms with Crippen molar-refractivity contribution in [2.24, 2.45) is 22.7 Å². The van der Waals surface area contributed by atoms with Crippen molar-refractivity contribution in [3.05, 3.63) is 77.3 Å². The van der Waals surface area contributed by atoms with Gasteiger partial charge in [0.1, 0.15) is 0 Å². The van der Waals surface area contributed by atoms with Gasteiger partial charge in [-0.2, -0.15) is 0 Å². The van der Waals surface area contributed by atoms with E-state index in [2.05, 4.69) is 70.2 Å². The van der Waals surface area contributed by atoms with Crippen molar-refractivity contribution in [2.75, 3.05) is 0 Å². The van der Waals surface area contributed by atoms with Crippen LogP contribution < -0.4 is 0 Å². The van der Waals surface area contributed by atoms with Gasteiger partial charge in [-0.05, 0) is 65.5 Å². The number of carbonyl (C=O) groups excluding carboxylic acids is 1. The molecule has 0 aliphatic heterocycles. The summed E-state index contributed by atoms with van der Waals surface area (Å²) < 4.78 is 0. The first-order valence-corrected chi connectivity index (χ1v) is 16.2. The van der Waals surface area contributed by atoms with E-state index >= 15 is 0 Å². The number of hydrogen-bond donors (Lipinski definition) is 1. The number of aromatic nitrogens is 2. The van der Waals surface area contributed by atoms with E-state index in [0.717, 1.165) is 53.9 Å². The van der Waals surface area contributed by atoms with Crippen molar-refractivity contribution < 1.29 is 30.0 Å². The third-order valence-corrected chi connectivity index (χ3v) is 9.88. The van der Waals surface area contributed by atoms with Gasteiger partial charge in [0.05, 0.1) is 5.76 Å². The first kappa shape index (κ1) is 34.0. The molecule has 44 heavy (non-hydrogen) atoms. The number of nitrogens with zero attached hydrogens (tertiary/aromatic N) is 2. The molecule has 0 saturated heterocycles. The second-order valence-electron chi connectivity index (χ2n) is 13.7. The minimum atomic E-state index is 0. The molecule has 4 nitrogen and oxygen atoms in total. The largest absolute Gasteiger partial charge is 0.512 e. The van der Waals surface area contributed by atoms with E-state index < -0.39 is 0 Å². The summed E-state index contributed by atoms with van der Waals surface area (Å²) in [5, 5.41) is 14.3. The van der Waals surface area contributed by atoms with Crippen LogP contribution in [0.15, 0.2) is 60.0 Å². The Bertz CT molecular complexity index is 1760. The Hall–Kier alpha value is -2.88. The third kappa shape index (κ3) is 6.15. The average molecular weight is 768 g/mol. The molecule has 5 heteroatoms. The fourth-order valence-corrected chi connectivity index (χ4v) is 7.75. The van der Waals surface area contributed by atoms with Crippen molar-refractivity contribution in [3.63, 3.8) is 0 Å². The van der Waals surface area contributed by atoms with Crippen LogP contribution in [0.2, 0.25) is 0 Å². The van der Waals surface area contributed by atoms with E-state index in [-0.39, 0.29) is 54.3 Å². The Kier molecular flexibility index (Phi) is 10.2. The molecule has 6 rings (SSSR count). The summed E-state index contributed by atoms with van der Waals surface area (Å²) in [4.78, 5) is 21.7. The van der Waals surface area contributed by atoms with Gasteiger partial charge >= 0.3 is 0 Å². The second kappa shape index (κ2) is 13.2. The predicted molar refractivity (Wildman–Crippen MR) is 180 cm³/mol. The minimum absolute atomic E-state index is 0. The van der Waals surface area contributed by atoms with Crippen molar-refractivity contribution in [2.45, 2.75) is 93.9 Å². The normalized spacial score (nSPS) is 16.7. The van der Waals surface area contributed by atoms with Crippen LogP contribution in [0.5, 0.6) is 0 Å². The van der Waals surface area contributed by atoms with Gasteiger partial charge < -0.3 is 5.11 Å². The van der Waals surface area contributed by atoms with Crippen LogP contribution in [-0.2, 0) is 31.3 Å². The molecule has 2 aromatic carbocycles. The van der Waals surface area contributed by atoms with Crippen LogP contribution in [0.3, 0.4) is 0 Å². The van der Waals surface area contributed by atoms with Crippen LogP contribution >= 0.6 is 0 Å². The molecule has 1 N–H and O–H groups in total. The molecule has 0 amide bonds. The van der Waals surface area contributed by atoms with Crippen molar-refractivity contribution in [1.29, 1.82) is 0 Å². The standard InChI is InChI=1S/C26H23N2.C13H24O2.Ir/c1-25(2)14-26(3,4)23-17-9-10-27-24-18-11-15-7-5-6-8-16(15)12-20(18)28-21(22(17)24)13-19(23)25;1-5-10(6-2)12(14)9-13(15)11(7-3)8-4;/h5-10,12H,13-14H2,1-4H3;9-11,14H,5-8H2,1-4H3;/q-1;;/b;12-9-;. The zero-order valence-corrected chi connectivity index (χ0v) is 30.0. The van der Waals surface area contributed by atoms with Crippen LogP contribution in [0.1, 0.15) is 98.8 Å². The van der Waals surface area contributed by atoms with Gasteiger partial charge in [0, 0.05) is 67.4 Å². The van der Waals surface area contributed by atoms with Crippen molar-refractivity contribution >= 4 is 43.9 Å². The van der Waals surface area contributed by atoms with Gasteiger partial charge in [-0.15, -0.1) is 17.5 Å². The number of carbonyl (C=O) groups is 1. The zero-order valence-electron chi connectivity index (χ0n) is 27.6. The zero-order chi connectivity index (χ0) is 31.1. The molecule has 4 aromatic rings. The fourth-order valence-electron chi connectivity index (χ4n) is 7.75. The first-order valence-electron chi connectivity index (χ1n) is 16.2. The van der Waals surface area contributed by atoms with Gasteiger partial charge in [-0.1, -0.05) is 96.0 Å². The Balaban J connectivity index is 0.000000239. The number of pyridine rings is 2. The molecule has 0 fully saturated rings. The van der Waals surface area contributed by atoms with Crippen LogP contribution in [0, 0.1) is 28.7 Å². The maximum atomic E-state index is 11.7. The Labute approximate surface area is 276 Å². The summed E-state index contributed by atoms with van der Waals surface area (Å²) in [5.74, 6) is 0.547. The van der Waals surface area contributed by atoms with Gasteiger partial charge in [-0.25, -0.2) is 0 Å². The molecule has 0 spiro atoms. The molecule has 2 aliphatic rings. The molecule has 2 aliphatic carbocycles. The second-order valence-corrected chi connectivity index (χ2v) is 13.7. The molecule has 2 aromatic heterocycles. The summed E-state index contributed by atoms with van der Waals surface area (Å²) in [6, 6.07) is 16.4. The Morgan fingerprint density at radius 2 is 1.64 bits per heavy atom. The number of hydrogen-bond acceptors (Lipinski definition) is 4. The SMILES string of the molecule is CC1(C)CC(C)(C)C2=C1Cc1nc3cc4ccccc4[c-]c3c3nccc2c13.CCC(CC)C(=O)/C=C(\O)C(CC)CC.[Ir]. The number of fused-ring (bicyclic) bond motifs is 4. The van der Waals surface area contributed by atoms with E-state index in [1.54, 1.807) is 5.57 Å². The molecule has 1 radical (unpaired) electrons. The van der Waals surface area contributed by atoms with Crippen LogP contribution in [0.4, 0.5) is 0 Å². The fraction of sp³-hybridized carbons (Fsp3) is 0.462. The number of benzene rings is 2. The van der Waals surface area contributed by atoms with Crippen molar-refractivity contribution in [3.8, 4) is 0 Å². The van der Waals surface area contributed by atoms with Crippen LogP contribution in [-0.4, -0.2) is 20.9 Å². The van der Waals surface area contributed by atoms with E-state index in [9.17, 15) is 9.90 Å². The monoisotopic (exact) mass is 768 g/mol. The molecular formula is C39H47IrN2O2-. The number of allylic oxidation sites excluding steroid dienone is 4. The topological polar surface area (TPSA) is 63.1 Å². The van der Waals surface area contributed by atoms with E-state index in [1.807, 2.05) is 33.9 Å². The van der Waals surface area contributed by atoms with Crippen molar-refractivity contribution in [1.82, 2.24) is 9.97 Å². The number of ketones is 1. The maximum absolute atomic E-state index is 11.7. The maximum Gasteiger partial charge on any atom is 0.162 e. The molecule has 0 saturated carbocycles. The summed E-state index contributed by atoms with van der Waals surface area (Å²) in [6.45, 7) is 17.6. The molecular weight excluding hydrogens is 721 g/mol. The predicted octanol–water partition coefficient (Wildman–Crippen LogP) is 10.4. The summed E-state index contributed by atoms with van der Waals surface area (Å²) in [7, 11) is 0. The summed E-state index contributed by atoms with van der Waals surface area (Å²) in [5.41, 5.74) is 8.05. The van der Waals surface area contributed by atoms with E-state index in [4.69, 9.17) is 9.97 Å². The minimum Gasteiger partial charge on any atom is -0.512 e. The van der Waals surface area contributed by atoms with Crippen LogP contribution in [0.25, 0.3) is 38.2 Å². The summed E-state index contributed by atoms with van der Waals surface area (Å²) in [6.07, 6.45) is 8.99. The molecule has 2 heterocycles. The average Bonchev–Trinajstić information content (AvgIpc) is 3.16. The first-order chi connectivity index (χ1) is 20.4. The molecule has 0 unspecified atom stereocenters.